The lowest BCUT2D eigenvalue weighted by Crippen LogP contribution is -2.64. The summed E-state index contributed by atoms with van der Waals surface area (Å²) >= 11 is 4.46. The number of fused-ring (bicyclic) bond motifs is 4. The van der Waals surface area contributed by atoms with Crippen LogP contribution in [0.25, 0.3) is 22.1 Å². The zero-order valence-corrected chi connectivity index (χ0v) is 26.6. The molecule has 39 heavy (non-hydrogen) atoms. The van der Waals surface area contributed by atoms with Gasteiger partial charge in [0.15, 0.2) is 0 Å². The molecule has 10 heteroatoms. The van der Waals surface area contributed by atoms with Gasteiger partial charge in [-0.1, -0.05) is 13.8 Å². The van der Waals surface area contributed by atoms with E-state index in [1.54, 1.807) is 12.4 Å². The zero-order chi connectivity index (χ0) is 27.7. The highest BCUT2D eigenvalue weighted by atomic mass is 127. The van der Waals surface area contributed by atoms with Gasteiger partial charge < -0.3 is 9.80 Å². The van der Waals surface area contributed by atoms with Crippen LogP contribution >= 0.6 is 45.2 Å². The smallest absolute Gasteiger partial charge is 0.254 e. The fourth-order valence-corrected chi connectivity index (χ4v) is 8.06. The number of piperidine rings is 2. The Morgan fingerprint density at radius 1 is 0.718 bits per heavy atom. The molecule has 0 spiro atoms. The standard InChI is InChI=1S/C29H28I2N6O2/c1-16-9-32-24-20(30)5-18(7-22(24)34-16)26(38)36-12-28(3)11-29(4,13-36)15-37(14-28)27(39)19-6-21(31)25-23(8-19)35-17(2)10-33-25/h5-10H,11-15H2,1-4H3. The Morgan fingerprint density at radius 2 is 1.10 bits per heavy atom. The van der Waals surface area contributed by atoms with E-state index in [-0.39, 0.29) is 22.6 Å². The van der Waals surface area contributed by atoms with Crippen molar-refractivity contribution in [3.8, 4) is 0 Å². The van der Waals surface area contributed by atoms with Gasteiger partial charge in [0, 0.05) is 67.7 Å². The highest BCUT2D eigenvalue weighted by Crippen LogP contribution is 2.46. The van der Waals surface area contributed by atoms with Crippen LogP contribution in [0.15, 0.2) is 36.7 Å². The van der Waals surface area contributed by atoms with Crippen LogP contribution in [-0.2, 0) is 0 Å². The van der Waals surface area contributed by atoms with Gasteiger partial charge in [-0.15, -0.1) is 0 Å². The normalized spacial score (nSPS) is 22.9. The first-order valence-corrected chi connectivity index (χ1v) is 15.0. The van der Waals surface area contributed by atoms with E-state index in [2.05, 4.69) is 79.0 Å². The number of benzene rings is 2. The molecule has 0 saturated carbocycles. The summed E-state index contributed by atoms with van der Waals surface area (Å²) in [6.45, 7) is 10.6. The maximum Gasteiger partial charge on any atom is 0.254 e. The van der Waals surface area contributed by atoms with Gasteiger partial charge in [0.05, 0.1) is 22.4 Å². The Labute approximate surface area is 254 Å². The first-order valence-electron chi connectivity index (χ1n) is 12.9. The van der Waals surface area contributed by atoms with Gasteiger partial charge in [-0.05, 0) is 89.7 Å². The molecule has 0 unspecified atom stereocenters. The Hall–Kier alpha value is -2.48. The van der Waals surface area contributed by atoms with Crippen molar-refractivity contribution in [1.82, 2.24) is 29.7 Å². The number of rotatable bonds is 2. The molecule has 2 aromatic carbocycles. The second kappa shape index (κ2) is 9.57. The molecule has 2 aromatic heterocycles. The van der Waals surface area contributed by atoms with E-state index in [1.165, 1.54) is 0 Å². The monoisotopic (exact) mass is 746 g/mol. The molecule has 4 heterocycles. The molecule has 8 nitrogen and oxygen atoms in total. The van der Waals surface area contributed by atoms with Gasteiger partial charge in [0.25, 0.3) is 11.8 Å². The van der Waals surface area contributed by atoms with E-state index in [1.807, 2.05) is 47.9 Å². The van der Waals surface area contributed by atoms with E-state index >= 15 is 0 Å². The highest BCUT2D eigenvalue weighted by Gasteiger charge is 2.50. The second-order valence-corrected chi connectivity index (χ2v) is 14.1. The zero-order valence-electron chi connectivity index (χ0n) is 22.3. The number of likely N-dealkylation sites (tertiary alicyclic amines) is 2. The number of carbonyl (C=O) groups excluding carboxylic acids is 2. The van der Waals surface area contributed by atoms with Crippen LogP contribution in [0.5, 0.6) is 0 Å². The molecular weight excluding hydrogens is 718 g/mol. The van der Waals surface area contributed by atoms with E-state index in [9.17, 15) is 9.59 Å². The number of amides is 2. The van der Waals surface area contributed by atoms with E-state index < -0.39 is 0 Å². The molecule has 2 amide bonds. The van der Waals surface area contributed by atoms with Crippen molar-refractivity contribution in [2.24, 2.45) is 10.8 Å². The molecule has 0 aliphatic carbocycles. The molecule has 2 aliphatic rings. The molecular formula is C29H28I2N6O2. The van der Waals surface area contributed by atoms with Crippen molar-refractivity contribution in [2.45, 2.75) is 34.1 Å². The highest BCUT2D eigenvalue weighted by molar-refractivity contribution is 14.1. The number of aromatic nitrogens is 4. The number of nitrogens with zero attached hydrogens (tertiary/aromatic N) is 6. The summed E-state index contributed by atoms with van der Waals surface area (Å²) < 4.78 is 1.83. The van der Waals surface area contributed by atoms with Crippen LogP contribution < -0.4 is 0 Å². The maximum absolute atomic E-state index is 13.8. The lowest BCUT2D eigenvalue weighted by molar-refractivity contribution is -0.0538. The van der Waals surface area contributed by atoms with E-state index in [0.717, 1.165) is 47.0 Å². The van der Waals surface area contributed by atoms with Gasteiger partial charge >= 0.3 is 0 Å². The van der Waals surface area contributed by atoms with Crippen molar-refractivity contribution in [2.75, 3.05) is 26.2 Å². The van der Waals surface area contributed by atoms with Crippen molar-refractivity contribution in [3.63, 3.8) is 0 Å². The third-order valence-electron chi connectivity index (χ3n) is 7.65. The largest absolute Gasteiger partial charge is 0.337 e. The van der Waals surface area contributed by atoms with Crippen LogP contribution in [0, 0.1) is 31.8 Å². The van der Waals surface area contributed by atoms with Crippen molar-refractivity contribution in [1.29, 1.82) is 0 Å². The summed E-state index contributed by atoms with van der Waals surface area (Å²) in [4.78, 5) is 49.8. The van der Waals surface area contributed by atoms with Crippen LogP contribution in [0.3, 0.4) is 0 Å². The van der Waals surface area contributed by atoms with Gasteiger partial charge in [0.2, 0.25) is 0 Å². The van der Waals surface area contributed by atoms with Gasteiger partial charge in [-0.3, -0.25) is 19.6 Å². The third kappa shape index (κ3) is 4.98. The number of hydrogen-bond acceptors (Lipinski definition) is 6. The van der Waals surface area contributed by atoms with E-state index in [4.69, 9.17) is 0 Å². The number of carbonyl (C=O) groups is 2. The number of halogens is 2. The van der Waals surface area contributed by atoms with Crippen LogP contribution in [0.1, 0.15) is 52.4 Å². The molecule has 0 atom stereocenters. The van der Waals surface area contributed by atoms with Gasteiger partial charge in [-0.2, -0.15) is 0 Å². The summed E-state index contributed by atoms with van der Waals surface area (Å²) in [5, 5.41) is 0. The average Bonchev–Trinajstić information content (AvgIpc) is 2.85. The number of hydrogen-bond donors (Lipinski definition) is 0. The topological polar surface area (TPSA) is 92.2 Å². The predicted octanol–water partition coefficient (Wildman–Crippen LogP) is 5.41. The average molecular weight is 746 g/mol. The fraction of sp³-hybridized carbons (Fsp3) is 0.379. The lowest BCUT2D eigenvalue weighted by atomic mass is 9.65. The SMILES string of the molecule is Cc1cnc2c(I)cc(C(=O)N3CC4(C)CN(C(=O)c5cc(I)c6ncc(C)nc6c5)CC(C)(C3)C4)cc2n1. The Morgan fingerprint density at radius 3 is 1.49 bits per heavy atom. The Bertz CT molecular complexity index is 1550. The minimum atomic E-state index is -0.211. The van der Waals surface area contributed by atoms with Crippen molar-refractivity contribution < 1.29 is 9.59 Å². The molecule has 0 N–H and O–H groups in total. The predicted molar refractivity (Wildman–Crippen MR) is 167 cm³/mol. The van der Waals surface area contributed by atoms with Crippen LogP contribution in [-0.4, -0.2) is 67.7 Å². The molecule has 2 bridgehead atoms. The minimum Gasteiger partial charge on any atom is -0.337 e. The Balaban J connectivity index is 1.27. The molecule has 6 rings (SSSR count). The van der Waals surface area contributed by atoms with Crippen molar-refractivity contribution in [3.05, 3.63) is 66.3 Å². The van der Waals surface area contributed by atoms with Crippen LogP contribution in [0.4, 0.5) is 0 Å². The summed E-state index contributed by atoms with van der Waals surface area (Å²) in [6, 6.07) is 7.53. The number of aryl methyl sites for hydroxylation is 2. The van der Waals surface area contributed by atoms with Gasteiger partial charge in [-0.25, -0.2) is 9.97 Å². The van der Waals surface area contributed by atoms with Gasteiger partial charge in [0.1, 0.15) is 11.0 Å². The van der Waals surface area contributed by atoms with Crippen LogP contribution in [0.2, 0.25) is 0 Å². The van der Waals surface area contributed by atoms with E-state index in [0.29, 0.717) is 37.3 Å². The second-order valence-electron chi connectivity index (χ2n) is 11.8. The molecule has 2 saturated heterocycles. The summed E-state index contributed by atoms with van der Waals surface area (Å²) in [5.41, 5.74) is 5.59. The first kappa shape index (κ1) is 26.7. The van der Waals surface area contributed by atoms with Crippen molar-refractivity contribution >= 4 is 79.1 Å². The third-order valence-corrected chi connectivity index (χ3v) is 9.30. The first-order chi connectivity index (χ1) is 18.4. The minimum absolute atomic E-state index is 0.00748. The lowest BCUT2D eigenvalue weighted by Gasteiger charge is -2.56. The maximum atomic E-state index is 13.8. The molecule has 2 aliphatic heterocycles. The quantitative estimate of drug-likeness (QED) is 0.255. The summed E-state index contributed by atoms with van der Waals surface area (Å²) in [6.07, 6.45) is 4.47. The Kier molecular flexibility index (Phi) is 6.56. The fourth-order valence-electron chi connectivity index (χ4n) is 6.56. The molecule has 0 radical (unpaired) electrons. The molecule has 4 aromatic rings. The molecule has 200 valence electrons. The summed E-state index contributed by atoms with van der Waals surface area (Å²) in [5.74, 6) is 0.0150. The molecule has 2 fully saturated rings. The summed E-state index contributed by atoms with van der Waals surface area (Å²) in [7, 11) is 0.